The number of rotatable bonds is 15. The van der Waals surface area contributed by atoms with Crippen molar-refractivity contribution in [2.24, 2.45) is 0 Å². The third-order valence-corrected chi connectivity index (χ3v) is 7.71. The highest BCUT2D eigenvalue weighted by Gasteiger charge is 2.21. The summed E-state index contributed by atoms with van der Waals surface area (Å²) >= 11 is 1.57. The van der Waals surface area contributed by atoms with Gasteiger partial charge in [-0.2, -0.15) is 0 Å². The number of nitrogens with one attached hydrogen (secondary N) is 1. The first-order valence-corrected chi connectivity index (χ1v) is 15.5. The van der Waals surface area contributed by atoms with Crippen LogP contribution in [-0.2, 0) is 11.2 Å². The summed E-state index contributed by atoms with van der Waals surface area (Å²) in [6.07, 6.45) is 11.8. The molecule has 0 spiro atoms. The van der Waals surface area contributed by atoms with Crippen LogP contribution in [0.4, 0.5) is 0 Å². The molecule has 0 fully saturated rings. The van der Waals surface area contributed by atoms with Crippen molar-refractivity contribution in [3.05, 3.63) is 96.3 Å². The summed E-state index contributed by atoms with van der Waals surface area (Å²) in [6.45, 7) is 2.95. The van der Waals surface area contributed by atoms with Crippen LogP contribution in [0.2, 0.25) is 0 Å². The molecule has 0 saturated heterocycles. The summed E-state index contributed by atoms with van der Waals surface area (Å²) in [5.74, 6) is -0.0688. The first-order chi connectivity index (χ1) is 20.5. The van der Waals surface area contributed by atoms with Gasteiger partial charge in [-0.1, -0.05) is 69.0 Å². The molecule has 0 bridgehead atoms. The van der Waals surface area contributed by atoms with E-state index in [0.717, 1.165) is 45.9 Å². The van der Waals surface area contributed by atoms with Gasteiger partial charge in [-0.05, 0) is 60.2 Å². The molecule has 1 aromatic heterocycles. The molecular formula is C34H37N3O4S. The average molecular weight is 584 g/mol. The van der Waals surface area contributed by atoms with E-state index in [0.29, 0.717) is 11.4 Å². The summed E-state index contributed by atoms with van der Waals surface area (Å²) in [5, 5.41) is 12.3. The molecule has 2 N–H and O–H groups in total. The van der Waals surface area contributed by atoms with Crippen LogP contribution in [0, 0.1) is 0 Å². The smallest absolute Gasteiger partial charge is 0.326 e. The van der Waals surface area contributed by atoms with Crippen LogP contribution >= 0.6 is 11.8 Å². The predicted octanol–water partition coefficient (Wildman–Crippen LogP) is 7.31. The molecule has 8 heteroatoms. The number of carbonyl (C=O) groups is 2. The second kappa shape index (κ2) is 15.7. The van der Waals surface area contributed by atoms with Gasteiger partial charge in [-0.25, -0.2) is 14.8 Å². The molecule has 1 heterocycles. The largest absolute Gasteiger partial charge is 0.494 e. The second-order valence-corrected chi connectivity index (χ2v) is 11.0. The van der Waals surface area contributed by atoms with E-state index in [2.05, 4.69) is 22.2 Å². The minimum absolute atomic E-state index is 0.155. The number of amides is 1. The van der Waals surface area contributed by atoms with E-state index in [1.807, 2.05) is 66.9 Å². The molecule has 7 nitrogen and oxygen atoms in total. The van der Waals surface area contributed by atoms with E-state index in [-0.39, 0.29) is 6.42 Å². The second-order valence-electron chi connectivity index (χ2n) is 10.1. The molecular weight excluding hydrogens is 546 g/mol. The topological polar surface area (TPSA) is 101 Å². The van der Waals surface area contributed by atoms with E-state index < -0.39 is 17.9 Å². The number of ether oxygens (including phenoxy) is 1. The highest BCUT2D eigenvalue weighted by Crippen LogP contribution is 2.24. The Balaban J connectivity index is 1.32. The molecule has 4 rings (SSSR count). The van der Waals surface area contributed by atoms with Crippen molar-refractivity contribution in [3.63, 3.8) is 0 Å². The minimum Gasteiger partial charge on any atom is -0.494 e. The lowest BCUT2D eigenvalue weighted by atomic mass is 10.0. The first kappa shape index (κ1) is 30.8. The van der Waals surface area contributed by atoms with Crippen molar-refractivity contribution in [2.45, 2.75) is 56.4 Å². The zero-order valence-corrected chi connectivity index (χ0v) is 24.9. The number of hydrogen-bond acceptors (Lipinski definition) is 6. The van der Waals surface area contributed by atoms with Gasteiger partial charge < -0.3 is 15.2 Å². The van der Waals surface area contributed by atoms with Crippen LogP contribution in [0.25, 0.3) is 22.5 Å². The molecule has 0 radical (unpaired) electrons. The highest BCUT2D eigenvalue weighted by molar-refractivity contribution is 7.98. The Morgan fingerprint density at radius 1 is 0.833 bits per heavy atom. The lowest BCUT2D eigenvalue weighted by Crippen LogP contribution is -2.42. The normalized spacial score (nSPS) is 11.6. The predicted molar refractivity (Wildman–Crippen MR) is 168 cm³/mol. The molecule has 0 aliphatic heterocycles. The Labute approximate surface area is 251 Å². The third kappa shape index (κ3) is 8.91. The number of unbranched alkanes of at least 4 members (excludes halogenated alkanes) is 4. The molecule has 42 heavy (non-hydrogen) atoms. The van der Waals surface area contributed by atoms with Crippen molar-refractivity contribution in [1.29, 1.82) is 0 Å². The van der Waals surface area contributed by atoms with Crippen molar-refractivity contribution < 1.29 is 19.4 Å². The average Bonchev–Trinajstić information content (AvgIpc) is 3.03. The highest BCUT2D eigenvalue weighted by atomic mass is 32.2. The van der Waals surface area contributed by atoms with Crippen LogP contribution < -0.4 is 10.1 Å². The summed E-state index contributed by atoms with van der Waals surface area (Å²) in [4.78, 5) is 34.6. The van der Waals surface area contributed by atoms with Gasteiger partial charge in [0.25, 0.3) is 5.91 Å². The Bertz CT molecular complexity index is 1420. The number of hydrogen-bond donors (Lipinski definition) is 2. The fourth-order valence-electron chi connectivity index (χ4n) is 4.48. The fraction of sp³-hybridized carbons (Fsp3) is 0.294. The summed E-state index contributed by atoms with van der Waals surface area (Å²) in [6, 6.07) is 21.4. The fourth-order valence-corrected chi connectivity index (χ4v) is 4.88. The Morgan fingerprint density at radius 3 is 2.10 bits per heavy atom. The molecule has 4 aromatic rings. The number of carboxylic acid groups (broad SMARTS) is 1. The first-order valence-electron chi connectivity index (χ1n) is 14.3. The number of benzene rings is 3. The molecule has 1 unspecified atom stereocenters. The standard InChI is InChI=1S/C34H37N3O4S/c1-3-4-5-6-7-20-41-29-16-12-25(13-17-29)28-22-35-32(36-23-28)26-10-8-24(9-11-26)21-31(34(39)40)37-33(38)27-14-18-30(42-2)19-15-27/h8-19,22-23,31H,3-7,20-21H2,1-2H3,(H,37,38)(H,39,40). The number of carbonyl (C=O) groups excluding carboxylic acids is 1. The summed E-state index contributed by atoms with van der Waals surface area (Å²) < 4.78 is 5.86. The molecule has 1 atom stereocenters. The van der Waals surface area contributed by atoms with Gasteiger partial charge in [-0.15, -0.1) is 11.8 Å². The summed E-state index contributed by atoms with van der Waals surface area (Å²) in [5.41, 5.74) is 3.94. The SMILES string of the molecule is CCCCCCCOc1ccc(-c2cnc(-c3ccc(CC(NC(=O)c4ccc(SC)cc4)C(=O)O)cc3)nc2)cc1. The van der Waals surface area contributed by atoms with Crippen LogP contribution in [0.5, 0.6) is 5.75 Å². The number of thioether (sulfide) groups is 1. The lowest BCUT2D eigenvalue weighted by Gasteiger charge is -2.15. The monoisotopic (exact) mass is 583 g/mol. The van der Waals surface area contributed by atoms with Crippen molar-refractivity contribution in [2.75, 3.05) is 12.9 Å². The van der Waals surface area contributed by atoms with Crippen molar-refractivity contribution in [1.82, 2.24) is 15.3 Å². The van der Waals surface area contributed by atoms with E-state index in [1.54, 1.807) is 36.3 Å². The Hall–Kier alpha value is -4.17. The zero-order valence-electron chi connectivity index (χ0n) is 24.1. The zero-order chi connectivity index (χ0) is 29.7. The summed E-state index contributed by atoms with van der Waals surface area (Å²) in [7, 11) is 0. The quantitative estimate of drug-likeness (QED) is 0.112. The van der Waals surface area contributed by atoms with Gasteiger partial charge in [0, 0.05) is 40.4 Å². The van der Waals surface area contributed by atoms with Gasteiger partial charge in [0.15, 0.2) is 5.82 Å². The molecule has 1 amide bonds. The Morgan fingerprint density at radius 2 is 1.48 bits per heavy atom. The third-order valence-electron chi connectivity index (χ3n) is 6.96. The van der Waals surface area contributed by atoms with Crippen molar-refractivity contribution >= 4 is 23.6 Å². The van der Waals surface area contributed by atoms with Crippen molar-refractivity contribution in [3.8, 4) is 28.3 Å². The van der Waals surface area contributed by atoms with E-state index >= 15 is 0 Å². The van der Waals surface area contributed by atoms with Crippen LogP contribution in [0.3, 0.4) is 0 Å². The van der Waals surface area contributed by atoms with Crippen LogP contribution in [0.15, 0.2) is 90.1 Å². The van der Waals surface area contributed by atoms with E-state index in [4.69, 9.17) is 4.74 Å². The van der Waals surface area contributed by atoms with E-state index in [9.17, 15) is 14.7 Å². The molecule has 3 aromatic carbocycles. The number of carboxylic acids is 1. The van der Waals surface area contributed by atoms with Gasteiger partial charge in [0.2, 0.25) is 0 Å². The maximum atomic E-state index is 12.6. The maximum Gasteiger partial charge on any atom is 0.326 e. The van der Waals surface area contributed by atoms with Gasteiger partial charge >= 0.3 is 5.97 Å². The number of aromatic nitrogens is 2. The number of nitrogens with zero attached hydrogens (tertiary/aromatic N) is 2. The van der Waals surface area contributed by atoms with Gasteiger partial charge in [-0.3, -0.25) is 4.79 Å². The number of aliphatic carboxylic acids is 1. The molecule has 0 aliphatic rings. The van der Waals surface area contributed by atoms with E-state index in [1.165, 1.54) is 25.7 Å². The molecule has 218 valence electrons. The molecule has 0 saturated carbocycles. The maximum absolute atomic E-state index is 12.6. The lowest BCUT2D eigenvalue weighted by molar-refractivity contribution is -0.139. The van der Waals surface area contributed by atoms with Crippen LogP contribution in [0.1, 0.15) is 54.9 Å². The van der Waals surface area contributed by atoms with Gasteiger partial charge in [0.1, 0.15) is 11.8 Å². The minimum atomic E-state index is -1.09. The Kier molecular flexibility index (Phi) is 11.5. The molecule has 0 aliphatic carbocycles. The van der Waals surface area contributed by atoms with Gasteiger partial charge in [0.05, 0.1) is 6.61 Å². The van der Waals surface area contributed by atoms with Crippen LogP contribution in [-0.4, -0.2) is 45.9 Å².